The molecule has 2 aliphatic heterocycles. The summed E-state index contributed by atoms with van der Waals surface area (Å²) in [4.78, 5) is 39.2. The van der Waals surface area contributed by atoms with Crippen molar-refractivity contribution >= 4 is 17.8 Å². The van der Waals surface area contributed by atoms with E-state index in [0.29, 0.717) is 13.1 Å². The van der Waals surface area contributed by atoms with Gasteiger partial charge in [0.05, 0.1) is 6.54 Å². The second kappa shape index (κ2) is 5.42. The van der Waals surface area contributed by atoms with Crippen LogP contribution in [0.1, 0.15) is 40.0 Å². The molecule has 6 heteroatoms. The minimum absolute atomic E-state index is 0.0286. The SMILES string of the molecule is CC(C)(C)OC(=O)N1CC(=O)CC1C(=O)N1CCCC1. The van der Waals surface area contributed by atoms with Crippen molar-refractivity contribution in [1.29, 1.82) is 0 Å². The molecule has 20 heavy (non-hydrogen) atoms. The fourth-order valence-electron chi connectivity index (χ4n) is 2.57. The van der Waals surface area contributed by atoms with Crippen LogP contribution < -0.4 is 0 Å². The van der Waals surface area contributed by atoms with Gasteiger partial charge < -0.3 is 9.64 Å². The lowest BCUT2D eigenvalue weighted by atomic mass is 10.2. The molecule has 2 fully saturated rings. The summed E-state index contributed by atoms with van der Waals surface area (Å²) in [5.41, 5.74) is -0.635. The molecule has 0 bridgehead atoms. The van der Waals surface area contributed by atoms with Crippen molar-refractivity contribution < 1.29 is 19.1 Å². The molecule has 0 aromatic carbocycles. The molecule has 0 aromatic heterocycles. The van der Waals surface area contributed by atoms with Crippen molar-refractivity contribution in [2.24, 2.45) is 0 Å². The minimum atomic E-state index is -0.685. The van der Waals surface area contributed by atoms with E-state index in [9.17, 15) is 14.4 Å². The third kappa shape index (κ3) is 3.29. The van der Waals surface area contributed by atoms with Gasteiger partial charge in [-0.15, -0.1) is 0 Å². The van der Waals surface area contributed by atoms with E-state index in [1.807, 2.05) is 0 Å². The Morgan fingerprint density at radius 1 is 1.20 bits per heavy atom. The van der Waals surface area contributed by atoms with Crippen LogP contribution in [0.3, 0.4) is 0 Å². The predicted octanol–water partition coefficient (Wildman–Crippen LogP) is 1.19. The normalized spacial score (nSPS) is 23.4. The Labute approximate surface area is 119 Å². The van der Waals surface area contributed by atoms with Gasteiger partial charge in [-0.3, -0.25) is 14.5 Å². The number of carbonyl (C=O) groups is 3. The fraction of sp³-hybridized carbons (Fsp3) is 0.786. The quantitative estimate of drug-likeness (QED) is 0.724. The molecule has 0 spiro atoms. The maximum atomic E-state index is 12.4. The number of nitrogens with zero attached hydrogens (tertiary/aromatic N) is 2. The molecule has 2 saturated heterocycles. The topological polar surface area (TPSA) is 66.9 Å². The predicted molar refractivity (Wildman–Crippen MR) is 72.2 cm³/mol. The molecule has 0 radical (unpaired) electrons. The average molecular weight is 282 g/mol. The van der Waals surface area contributed by atoms with E-state index in [0.717, 1.165) is 12.8 Å². The molecule has 0 aliphatic carbocycles. The van der Waals surface area contributed by atoms with Gasteiger partial charge in [0, 0.05) is 19.5 Å². The lowest BCUT2D eigenvalue weighted by Crippen LogP contribution is -2.48. The van der Waals surface area contributed by atoms with Crippen LogP contribution in [-0.2, 0) is 14.3 Å². The molecule has 0 N–H and O–H groups in total. The second-order valence-corrected chi connectivity index (χ2v) is 6.40. The highest BCUT2D eigenvalue weighted by atomic mass is 16.6. The summed E-state index contributed by atoms with van der Waals surface area (Å²) in [5.74, 6) is -0.215. The highest BCUT2D eigenvalue weighted by Crippen LogP contribution is 2.22. The number of hydrogen-bond donors (Lipinski definition) is 0. The first-order valence-corrected chi connectivity index (χ1v) is 7.08. The van der Waals surface area contributed by atoms with E-state index in [-0.39, 0.29) is 24.7 Å². The van der Waals surface area contributed by atoms with Crippen LogP contribution in [0, 0.1) is 0 Å². The third-order valence-electron chi connectivity index (χ3n) is 3.47. The summed E-state index contributed by atoms with van der Waals surface area (Å²) < 4.78 is 5.28. The number of Topliss-reactive ketones (excluding diaryl/α,β-unsaturated/α-hetero) is 1. The Hall–Kier alpha value is -1.59. The molecule has 1 unspecified atom stereocenters. The molecule has 112 valence electrons. The van der Waals surface area contributed by atoms with Crippen LogP contribution in [0.4, 0.5) is 4.79 Å². The third-order valence-corrected chi connectivity index (χ3v) is 3.47. The van der Waals surface area contributed by atoms with Gasteiger partial charge in [-0.2, -0.15) is 0 Å². The smallest absolute Gasteiger partial charge is 0.411 e. The van der Waals surface area contributed by atoms with Crippen molar-refractivity contribution in [1.82, 2.24) is 9.80 Å². The zero-order chi connectivity index (χ0) is 14.9. The zero-order valence-electron chi connectivity index (χ0n) is 12.3. The first-order valence-electron chi connectivity index (χ1n) is 7.08. The van der Waals surface area contributed by atoms with Gasteiger partial charge >= 0.3 is 6.09 Å². The Kier molecular flexibility index (Phi) is 4.01. The van der Waals surface area contributed by atoms with E-state index in [1.165, 1.54) is 4.90 Å². The molecule has 0 aromatic rings. The molecule has 2 heterocycles. The van der Waals surface area contributed by atoms with Crippen molar-refractivity contribution in [2.45, 2.75) is 51.7 Å². The Balaban J connectivity index is 2.08. The van der Waals surface area contributed by atoms with E-state index >= 15 is 0 Å². The number of rotatable bonds is 1. The lowest BCUT2D eigenvalue weighted by molar-refractivity contribution is -0.135. The number of ether oxygens (including phenoxy) is 1. The van der Waals surface area contributed by atoms with Crippen molar-refractivity contribution in [3.05, 3.63) is 0 Å². The summed E-state index contributed by atoms with van der Waals surface area (Å²) in [6, 6.07) is -0.685. The molecule has 1 atom stereocenters. The van der Waals surface area contributed by atoms with Gasteiger partial charge in [0.1, 0.15) is 11.6 Å². The monoisotopic (exact) mass is 282 g/mol. The lowest BCUT2D eigenvalue weighted by Gasteiger charge is -2.29. The Morgan fingerprint density at radius 2 is 1.80 bits per heavy atom. The summed E-state index contributed by atoms with van der Waals surface area (Å²) >= 11 is 0. The summed E-state index contributed by atoms with van der Waals surface area (Å²) in [7, 11) is 0. The highest BCUT2D eigenvalue weighted by molar-refractivity contribution is 5.97. The van der Waals surface area contributed by atoms with Gasteiger partial charge in [0.15, 0.2) is 5.78 Å². The van der Waals surface area contributed by atoms with Crippen molar-refractivity contribution in [3.63, 3.8) is 0 Å². The van der Waals surface area contributed by atoms with Gasteiger partial charge in [-0.1, -0.05) is 0 Å². The highest BCUT2D eigenvalue weighted by Gasteiger charge is 2.42. The summed E-state index contributed by atoms with van der Waals surface area (Å²) in [6.07, 6.45) is 1.49. The van der Waals surface area contributed by atoms with Crippen molar-refractivity contribution in [3.8, 4) is 0 Å². The molecule has 2 rings (SSSR count). The molecule has 6 nitrogen and oxygen atoms in total. The van der Waals surface area contributed by atoms with Crippen LogP contribution in [0.2, 0.25) is 0 Å². The van der Waals surface area contributed by atoms with E-state index in [4.69, 9.17) is 4.74 Å². The molecular weight excluding hydrogens is 260 g/mol. The van der Waals surface area contributed by atoms with Gasteiger partial charge in [-0.05, 0) is 33.6 Å². The first kappa shape index (κ1) is 14.8. The van der Waals surface area contributed by atoms with Crippen molar-refractivity contribution in [2.75, 3.05) is 19.6 Å². The van der Waals surface area contributed by atoms with Gasteiger partial charge in [0.25, 0.3) is 0 Å². The van der Waals surface area contributed by atoms with Crippen LogP contribution in [0.15, 0.2) is 0 Å². The average Bonchev–Trinajstić information content (AvgIpc) is 2.94. The summed E-state index contributed by atoms with van der Waals surface area (Å²) in [5, 5.41) is 0. The van der Waals surface area contributed by atoms with E-state index < -0.39 is 17.7 Å². The maximum Gasteiger partial charge on any atom is 0.411 e. The minimum Gasteiger partial charge on any atom is -0.444 e. The maximum absolute atomic E-state index is 12.4. The van der Waals surface area contributed by atoms with Crippen LogP contribution in [0.5, 0.6) is 0 Å². The number of amides is 2. The molecule has 0 saturated carbocycles. The summed E-state index contributed by atoms with van der Waals surface area (Å²) in [6.45, 7) is 6.69. The number of carbonyl (C=O) groups excluding carboxylic acids is 3. The molecule has 2 amide bonds. The molecular formula is C14H22N2O4. The largest absolute Gasteiger partial charge is 0.444 e. The standard InChI is InChI=1S/C14H22N2O4/c1-14(2,3)20-13(19)16-9-10(17)8-11(16)12(18)15-6-4-5-7-15/h11H,4-9H2,1-3H3. The van der Waals surface area contributed by atoms with Crippen LogP contribution in [-0.4, -0.2) is 58.9 Å². The zero-order valence-corrected chi connectivity index (χ0v) is 12.3. The molecule has 2 aliphatic rings. The van der Waals surface area contributed by atoms with E-state index in [1.54, 1.807) is 25.7 Å². The van der Waals surface area contributed by atoms with E-state index in [2.05, 4.69) is 0 Å². The number of hydrogen-bond acceptors (Lipinski definition) is 4. The van der Waals surface area contributed by atoms with Crippen LogP contribution >= 0.6 is 0 Å². The number of ketones is 1. The fourth-order valence-corrected chi connectivity index (χ4v) is 2.57. The number of likely N-dealkylation sites (tertiary alicyclic amines) is 2. The Morgan fingerprint density at radius 3 is 2.35 bits per heavy atom. The Bertz CT molecular complexity index is 421. The van der Waals surface area contributed by atoms with Crippen LogP contribution in [0.25, 0.3) is 0 Å². The van der Waals surface area contributed by atoms with Gasteiger partial charge in [0.2, 0.25) is 5.91 Å². The first-order chi connectivity index (χ1) is 9.28. The van der Waals surface area contributed by atoms with Gasteiger partial charge in [-0.25, -0.2) is 4.79 Å². The second-order valence-electron chi connectivity index (χ2n) is 6.40.